The molecule has 0 amide bonds. The van der Waals surface area contributed by atoms with Gasteiger partial charge in [-0.2, -0.15) is 5.10 Å². The van der Waals surface area contributed by atoms with Crippen LogP contribution in [0.1, 0.15) is 45.5 Å². The van der Waals surface area contributed by atoms with Crippen LogP contribution in [-0.4, -0.2) is 33.8 Å². The van der Waals surface area contributed by atoms with Gasteiger partial charge in [0, 0.05) is 25.2 Å². The maximum absolute atomic E-state index is 5.91. The van der Waals surface area contributed by atoms with E-state index in [0.29, 0.717) is 6.54 Å². The van der Waals surface area contributed by atoms with Crippen molar-refractivity contribution in [2.45, 2.75) is 59.2 Å². The number of aromatic nitrogens is 2. The van der Waals surface area contributed by atoms with Gasteiger partial charge in [-0.3, -0.25) is 9.58 Å². The van der Waals surface area contributed by atoms with Crippen molar-refractivity contribution in [3.8, 4) is 0 Å². The van der Waals surface area contributed by atoms with Crippen LogP contribution in [-0.2, 0) is 19.5 Å². The van der Waals surface area contributed by atoms with Crippen LogP contribution < -0.4 is 5.73 Å². The number of likely N-dealkylation sites (N-methyl/N-ethyl adjacent to an activating group) is 1. The number of rotatable bonds is 7. The molecule has 18 heavy (non-hydrogen) atoms. The Hall–Kier alpha value is -0.870. The highest BCUT2D eigenvalue weighted by Gasteiger charge is 2.26. The van der Waals surface area contributed by atoms with Gasteiger partial charge in [0.1, 0.15) is 0 Å². The quantitative estimate of drug-likeness (QED) is 0.807. The zero-order valence-electron chi connectivity index (χ0n) is 12.5. The van der Waals surface area contributed by atoms with E-state index >= 15 is 0 Å². The van der Waals surface area contributed by atoms with Crippen molar-refractivity contribution in [3.05, 3.63) is 17.5 Å². The van der Waals surface area contributed by atoms with E-state index in [2.05, 4.69) is 55.5 Å². The lowest BCUT2D eigenvalue weighted by molar-refractivity contribution is 0.128. The number of hydrogen-bond acceptors (Lipinski definition) is 3. The van der Waals surface area contributed by atoms with Gasteiger partial charge in [0.05, 0.1) is 11.4 Å². The minimum absolute atomic E-state index is 0.0647. The SMILES string of the molecule is CCc1cc(CN(C)C(C)(CC)CN)n(CC)n1. The molecule has 1 heterocycles. The Balaban J connectivity index is 2.86. The summed E-state index contributed by atoms with van der Waals surface area (Å²) in [6.45, 7) is 11.2. The van der Waals surface area contributed by atoms with E-state index in [-0.39, 0.29) is 5.54 Å². The lowest BCUT2D eigenvalue weighted by atomic mass is 9.97. The van der Waals surface area contributed by atoms with Gasteiger partial charge < -0.3 is 5.73 Å². The van der Waals surface area contributed by atoms with E-state index in [1.54, 1.807) is 0 Å². The van der Waals surface area contributed by atoms with Crippen LogP contribution in [0.2, 0.25) is 0 Å². The molecule has 2 N–H and O–H groups in total. The lowest BCUT2D eigenvalue weighted by Crippen LogP contribution is -2.48. The summed E-state index contributed by atoms with van der Waals surface area (Å²) in [5, 5.41) is 4.59. The summed E-state index contributed by atoms with van der Waals surface area (Å²) in [5.41, 5.74) is 8.43. The Labute approximate surface area is 111 Å². The number of aryl methyl sites for hydroxylation is 2. The molecule has 0 spiro atoms. The Morgan fingerprint density at radius 1 is 1.39 bits per heavy atom. The molecule has 1 atom stereocenters. The summed E-state index contributed by atoms with van der Waals surface area (Å²) in [6.07, 6.45) is 2.05. The van der Waals surface area contributed by atoms with Crippen molar-refractivity contribution in [2.24, 2.45) is 5.73 Å². The van der Waals surface area contributed by atoms with Gasteiger partial charge in [0.2, 0.25) is 0 Å². The molecule has 0 saturated carbocycles. The summed E-state index contributed by atoms with van der Waals surface area (Å²) in [4.78, 5) is 2.34. The molecule has 4 nitrogen and oxygen atoms in total. The minimum Gasteiger partial charge on any atom is -0.329 e. The molecule has 1 aromatic heterocycles. The predicted molar refractivity (Wildman–Crippen MR) is 76.5 cm³/mol. The first-order chi connectivity index (χ1) is 8.50. The van der Waals surface area contributed by atoms with Crippen LogP contribution in [0.4, 0.5) is 0 Å². The summed E-state index contributed by atoms with van der Waals surface area (Å²) >= 11 is 0. The second-order valence-electron chi connectivity index (χ2n) is 5.21. The van der Waals surface area contributed by atoms with Crippen LogP contribution in [0.3, 0.4) is 0 Å². The first-order valence-electron chi connectivity index (χ1n) is 6.97. The van der Waals surface area contributed by atoms with Gasteiger partial charge in [-0.25, -0.2) is 0 Å². The fraction of sp³-hybridized carbons (Fsp3) is 0.786. The third-order valence-electron chi connectivity index (χ3n) is 4.10. The molecule has 104 valence electrons. The zero-order valence-corrected chi connectivity index (χ0v) is 12.5. The molecule has 1 rings (SSSR count). The molecule has 1 unspecified atom stereocenters. The lowest BCUT2D eigenvalue weighted by Gasteiger charge is -2.37. The Morgan fingerprint density at radius 2 is 2.06 bits per heavy atom. The highest BCUT2D eigenvalue weighted by atomic mass is 15.3. The second-order valence-corrected chi connectivity index (χ2v) is 5.21. The molecule has 0 bridgehead atoms. The molecular formula is C14H28N4. The van der Waals surface area contributed by atoms with Crippen molar-refractivity contribution in [1.29, 1.82) is 0 Å². The van der Waals surface area contributed by atoms with Gasteiger partial charge in [0.25, 0.3) is 0 Å². The third-order valence-corrected chi connectivity index (χ3v) is 4.10. The molecule has 0 saturated heterocycles. The molecule has 0 aliphatic heterocycles. The van der Waals surface area contributed by atoms with Crippen LogP contribution >= 0.6 is 0 Å². The first-order valence-corrected chi connectivity index (χ1v) is 6.97. The van der Waals surface area contributed by atoms with Crippen LogP contribution in [0.25, 0.3) is 0 Å². The van der Waals surface area contributed by atoms with E-state index in [1.165, 1.54) is 11.4 Å². The smallest absolute Gasteiger partial charge is 0.0625 e. The van der Waals surface area contributed by atoms with E-state index in [4.69, 9.17) is 5.73 Å². The van der Waals surface area contributed by atoms with E-state index in [0.717, 1.165) is 25.9 Å². The minimum atomic E-state index is 0.0647. The average molecular weight is 252 g/mol. The molecular weight excluding hydrogens is 224 g/mol. The number of hydrogen-bond donors (Lipinski definition) is 1. The summed E-state index contributed by atoms with van der Waals surface area (Å²) in [5.74, 6) is 0. The maximum Gasteiger partial charge on any atom is 0.0625 e. The molecule has 0 radical (unpaired) electrons. The fourth-order valence-electron chi connectivity index (χ4n) is 2.09. The first kappa shape index (κ1) is 15.2. The largest absolute Gasteiger partial charge is 0.329 e. The predicted octanol–water partition coefficient (Wildman–Crippen LogP) is 2.02. The zero-order chi connectivity index (χ0) is 13.8. The Kier molecular flexibility index (Phi) is 5.35. The Morgan fingerprint density at radius 3 is 2.50 bits per heavy atom. The molecule has 0 aliphatic carbocycles. The number of nitrogens with two attached hydrogens (primary N) is 1. The van der Waals surface area contributed by atoms with Crippen LogP contribution in [0.5, 0.6) is 0 Å². The van der Waals surface area contributed by atoms with Crippen molar-refractivity contribution >= 4 is 0 Å². The molecule has 0 aromatic carbocycles. The fourth-order valence-corrected chi connectivity index (χ4v) is 2.09. The highest BCUT2D eigenvalue weighted by Crippen LogP contribution is 2.19. The van der Waals surface area contributed by atoms with Gasteiger partial charge in [-0.05, 0) is 39.8 Å². The molecule has 4 heteroatoms. The van der Waals surface area contributed by atoms with Gasteiger partial charge in [-0.15, -0.1) is 0 Å². The standard InChI is InChI=1S/C14H28N4/c1-6-12-9-13(18(8-3)16-12)10-17(5)14(4,7-2)11-15/h9H,6-8,10-11,15H2,1-5H3. The van der Waals surface area contributed by atoms with Gasteiger partial charge >= 0.3 is 0 Å². The second kappa shape index (κ2) is 6.34. The molecule has 0 aliphatic rings. The van der Waals surface area contributed by atoms with Crippen molar-refractivity contribution < 1.29 is 0 Å². The average Bonchev–Trinajstić information content (AvgIpc) is 2.79. The maximum atomic E-state index is 5.91. The van der Waals surface area contributed by atoms with E-state index in [1.807, 2.05) is 0 Å². The molecule has 1 aromatic rings. The summed E-state index contributed by atoms with van der Waals surface area (Å²) < 4.78 is 2.10. The summed E-state index contributed by atoms with van der Waals surface area (Å²) in [7, 11) is 2.15. The topological polar surface area (TPSA) is 47.1 Å². The normalized spacial score (nSPS) is 15.1. The highest BCUT2D eigenvalue weighted by molar-refractivity contribution is 5.11. The van der Waals surface area contributed by atoms with E-state index in [9.17, 15) is 0 Å². The van der Waals surface area contributed by atoms with Crippen LogP contribution in [0.15, 0.2) is 6.07 Å². The van der Waals surface area contributed by atoms with Crippen molar-refractivity contribution in [2.75, 3.05) is 13.6 Å². The van der Waals surface area contributed by atoms with Crippen LogP contribution in [0, 0.1) is 0 Å². The monoisotopic (exact) mass is 252 g/mol. The number of nitrogens with zero attached hydrogens (tertiary/aromatic N) is 3. The van der Waals surface area contributed by atoms with E-state index < -0.39 is 0 Å². The van der Waals surface area contributed by atoms with Crippen molar-refractivity contribution in [1.82, 2.24) is 14.7 Å². The van der Waals surface area contributed by atoms with Gasteiger partial charge in [0.15, 0.2) is 0 Å². The summed E-state index contributed by atoms with van der Waals surface area (Å²) in [6, 6.07) is 2.21. The van der Waals surface area contributed by atoms with Gasteiger partial charge in [-0.1, -0.05) is 13.8 Å². The molecule has 0 fully saturated rings. The third kappa shape index (κ3) is 3.12. The van der Waals surface area contributed by atoms with Crippen molar-refractivity contribution in [3.63, 3.8) is 0 Å². The Bertz CT molecular complexity index is 366.